The zero-order chi connectivity index (χ0) is 39.0. The molecular weight excluding hydrogens is 758 g/mol. The third-order valence-corrected chi connectivity index (χ3v) is 14.9. The number of hydrogen-bond acceptors (Lipinski definition) is 3. The van der Waals surface area contributed by atoms with Crippen molar-refractivity contribution in [2.75, 3.05) is 0 Å². The number of halogens is 1. The van der Waals surface area contributed by atoms with Gasteiger partial charge in [-0.2, -0.15) is 5.26 Å². The van der Waals surface area contributed by atoms with Crippen LogP contribution in [-0.2, 0) is 4.89 Å². The Labute approximate surface area is 340 Å². The minimum Gasteiger partial charge on any atom is -0.296 e. The SMILES string of the molecule is O=C(OO)c1cccc(Cl)c1.c1ccc(P(c2ccccc2)c2ccc3ccccc3c2-c2c(P(c3ccccc3)c3ccccc3)ccc3ccccc23)cc1. The number of carbonyl (C=O) groups is 1. The molecule has 0 saturated carbocycles. The number of carbonyl (C=O) groups excluding carboxylic acids is 1. The maximum absolute atomic E-state index is 10.6. The molecule has 0 unspecified atom stereocenters. The van der Waals surface area contributed by atoms with E-state index in [9.17, 15) is 4.79 Å². The largest absolute Gasteiger partial charge is 0.372 e. The van der Waals surface area contributed by atoms with Gasteiger partial charge < -0.3 is 0 Å². The first kappa shape index (κ1) is 38.0. The molecule has 0 saturated heterocycles. The van der Waals surface area contributed by atoms with E-state index in [4.69, 9.17) is 16.9 Å². The van der Waals surface area contributed by atoms with Gasteiger partial charge in [-0.05, 0) is 98.5 Å². The fourth-order valence-electron chi connectivity index (χ4n) is 7.25. The summed E-state index contributed by atoms with van der Waals surface area (Å²) in [6.45, 7) is 0. The van der Waals surface area contributed by atoms with E-state index in [1.807, 2.05) is 0 Å². The summed E-state index contributed by atoms with van der Waals surface area (Å²) < 4.78 is 0. The lowest BCUT2D eigenvalue weighted by molar-refractivity contribution is -0.182. The molecule has 3 nitrogen and oxygen atoms in total. The Kier molecular flexibility index (Phi) is 11.9. The number of benzene rings is 9. The van der Waals surface area contributed by atoms with Crippen LogP contribution in [0.3, 0.4) is 0 Å². The molecule has 9 rings (SSSR count). The first-order valence-corrected chi connectivity index (χ1v) is 21.6. The summed E-state index contributed by atoms with van der Waals surface area (Å²) in [7, 11) is -1.70. The van der Waals surface area contributed by atoms with Crippen LogP contribution in [0.15, 0.2) is 218 Å². The van der Waals surface area contributed by atoms with Crippen molar-refractivity contribution < 1.29 is 14.9 Å². The molecule has 0 spiro atoms. The molecule has 0 fully saturated rings. The van der Waals surface area contributed by atoms with Gasteiger partial charge in [0, 0.05) is 5.02 Å². The van der Waals surface area contributed by atoms with Crippen molar-refractivity contribution in [3.63, 3.8) is 0 Å². The minimum atomic E-state index is -0.852. The number of hydrogen-bond donors (Lipinski definition) is 1. The van der Waals surface area contributed by atoms with Gasteiger partial charge in [-0.1, -0.05) is 212 Å². The van der Waals surface area contributed by atoms with Crippen molar-refractivity contribution in [3.05, 3.63) is 229 Å². The van der Waals surface area contributed by atoms with Gasteiger partial charge in [0.2, 0.25) is 0 Å². The molecule has 0 atom stereocenters. The van der Waals surface area contributed by atoms with Gasteiger partial charge in [0.15, 0.2) is 0 Å². The van der Waals surface area contributed by atoms with Crippen LogP contribution in [0, 0.1) is 0 Å². The van der Waals surface area contributed by atoms with Crippen LogP contribution in [0.2, 0.25) is 5.02 Å². The van der Waals surface area contributed by atoms with Crippen molar-refractivity contribution in [3.8, 4) is 11.1 Å². The number of rotatable bonds is 8. The van der Waals surface area contributed by atoms with Gasteiger partial charge in [-0.15, -0.1) is 0 Å². The molecule has 0 aliphatic carbocycles. The van der Waals surface area contributed by atoms with Crippen LogP contribution in [0.5, 0.6) is 0 Å². The third-order valence-electron chi connectivity index (χ3n) is 9.75. The van der Waals surface area contributed by atoms with Gasteiger partial charge in [-0.25, -0.2) is 4.79 Å². The molecule has 276 valence electrons. The van der Waals surface area contributed by atoms with Gasteiger partial charge in [0.1, 0.15) is 0 Å². The highest BCUT2D eigenvalue weighted by molar-refractivity contribution is 7.80. The zero-order valence-electron chi connectivity index (χ0n) is 30.8. The Morgan fingerprint density at radius 1 is 0.421 bits per heavy atom. The second kappa shape index (κ2) is 17.9. The molecule has 1 N–H and O–H groups in total. The van der Waals surface area contributed by atoms with E-state index in [-0.39, 0.29) is 5.56 Å². The van der Waals surface area contributed by atoms with Crippen LogP contribution in [0.25, 0.3) is 32.7 Å². The van der Waals surface area contributed by atoms with Gasteiger partial charge in [0.25, 0.3) is 0 Å². The predicted octanol–water partition coefficient (Wildman–Crippen LogP) is 11.1. The van der Waals surface area contributed by atoms with Crippen LogP contribution < -0.4 is 31.8 Å². The topological polar surface area (TPSA) is 46.5 Å². The average molecular weight is 795 g/mol. The highest BCUT2D eigenvalue weighted by Crippen LogP contribution is 2.45. The fraction of sp³-hybridized carbons (Fsp3) is 0. The lowest BCUT2D eigenvalue weighted by atomic mass is 9.93. The monoisotopic (exact) mass is 794 g/mol. The fourth-order valence-corrected chi connectivity index (χ4v) is 12.4. The van der Waals surface area contributed by atoms with E-state index in [1.54, 1.807) is 12.1 Å². The summed E-state index contributed by atoms with van der Waals surface area (Å²) in [5.74, 6) is -0.813. The van der Waals surface area contributed by atoms with E-state index in [2.05, 4.69) is 199 Å². The summed E-state index contributed by atoms with van der Waals surface area (Å²) in [4.78, 5) is 14.1. The zero-order valence-corrected chi connectivity index (χ0v) is 33.4. The lowest BCUT2D eigenvalue weighted by Gasteiger charge is -2.28. The first-order valence-electron chi connectivity index (χ1n) is 18.6. The summed E-state index contributed by atoms with van der Waals surface area (Å²) >= 11 is 5.56. The van der Waals surface area contributed by atoms with Gasteiger partial charge in [-0.3, -0.25) is 4.89 Å². The summed E-state index contributed by atoms with van der Waals surface area (Å²) in [6, 6.07) is 77.9. The molecule has 9 aromatic carbocycles. The maximum atomic E-state index is 10.6. The average Bonchev–Trinajstić information content (AvgIpc) is 3.28. The molecule has 0 radical (unpaired) electrons. The Hall–Kier alpha value is -5.92. The van der Waals surface area contributed by atoms with E-state index in [0.717, 1.165) is 0 Å². The van der Waals surface area contributed by atoms with E-state index >= 15 is 0 Å². The van der Waals surface area contributed by atoms with Crippen LogP contribution in [0.1, 0.15) is 10.4 Å². The molecule has 0 heterocycles. The second-order valence-corrected chi connectivity index (χ2v) is 18.1. The summed E-state index contributed by atoms with van der Waals surface area (Å²) in [5.41, 5.74) is 2.92. The molecule has 6 heteroatoms. The molecule has 0 aliphatic heterocycles. The molecule has 9 aromatic rings. The molecular formula is C51H37ClO3P2. The lowest BCUT2D eigenvalue weighted by Crippen LogP contribution is -2.26. The highest BCUT2D eigenvalue weighted by atomic mass is 35.5. The van der Waals surface area contributed by atoms with Gasteiger partial charge in [0.05, 0.1) is 5.56 Å². The van der Waals surface area contributed by atoms with Crippen LogP contribution in [-0.4, -0.2) is 11.2 Å². The van der Waals surface area contributed by atoms with Crippen molar-refractivity contribution in [2.24, 2.45) is 0 Å². The Morgan fingerprint density at radius 2 is 0.789 bits per heavy atom. The molecule has 0 aliphatic rings. The van der Waals surface area contributed by atoms with E-state index in [1.165, 1.54) is 76.6 Å². The van der Waals surface area contributed by atoms with Crippen molar-refractivity contribution >= 4 is 86.8 Å². The number of fused-ring (bicyclic) bond motifs is 2. The maximum Gasteiger partial charge on any atom is 0.372 e. The predicted molar refractivity (Wildman–Crippen MR) is 244 cm³/mol. The standard InChI is InChI=1S/C44H32P2.C7H5ClO3/c1-5-19-35(20-6-1)45(36-21-7-2-8-22-36)41-31-29-33-17-13-15-27-39(33)43(41)44-40-28-16-14-18-34(40)30-32-42(44)46(37-23-9-3-10-24-37)38-25-11-4-12-26-38;8-6-3-1-2-5(4-6)7(9)11-10/h1-32H;1-4,10H. The molecule has 57 heavy (non-hydrogen) atoms. The Balaban J connectivity index is 0.000000360. The smallest absolute Gasteiger partial charge is 0.296 e. The van der Waals surface area contributed by atoms with Crippen molar-refractivity contribution in [1.82, 2.24) is 0 Å². The minimum absolute atomic E-state index is 0.222. The molecule has 0 aromatic heterocycles. The quantitative estimate of drug-likeness (QED) is 0.0947. The normalized spacial score (nSPS) is 11.0. The first-order chi connectivity index (χ1) is 28.1. The van der Waals surface area contributed by atoms with Crippen molar-refractivity contribution in [2.45, 2.75) is 0 Å². The van der Waals surface area contributed by atoms with E-state index < -0.39 is 21.8 Å². The summed E-state index contributed by atoms with van der Waals surface area (Å²) in [5, 5.41) is 21.7. The molecule has 0 amide bonds. The van der Waals surface area contributed by atoms with Crippen LogP contribution >= 0.6 is 27.4 Å². The Bertz CT molecular complexity index is 2520. The van der Waals surface area contributed by atoms with Crippen molar-refractivity contribution in [1.29, 1.82) is 0 Å². The van der Waals surface area contributed by atoms with E-state index in [0.29, 0.717) is 5.02 Å². The van der Waals surface area contributed by atoms with Crippen LogP contribution in [0.4, 0.5) is 0 Å². The second-order valence-electron chi connectivity index (χ2n) is 13.3. The Morgan fingerprint density at radius 3 is 1.16 bits per heavy atom. The summed E-state index contributed by atoms with van der Waals surface area (Å²) in [6.07, 6.45) is 0. The van der Waals surface area contributed by atoms with Gasteiger partial charge >= 0.3 is 5.97 Å². The molecule has 0 bridgehead atoms. The third kappa shape index (κ3) is 8.30. The highest BCUT2D eigenvalue weighted by Gasteiger charge is 2.28.